The predicted octanol–water partition coefficient (Wildman–Crippen LogP) is 2.27. The summed E-state index contributed by atoms with van der Waals surface area (Å²) in [5, 5.41) is 0. The van der Waals surface area contributed by atoms with Crippen LogP contribution in [0.3, 0.4) is 0 Å². The maximum Gasteiger partial charge on any atom is 0.222 e. The number of methoxy groups -OCH3 is 1. The van der Waals surface area contributed by atoms with E-state index in [1.54, 1.807) is 7.11 Å². The molecule has 1 heterocycles. The van der Waals surface area contributed by atoms with E-state index in [1.807, 2.05) is 24.3 Å². The van der Waals surface area contributed by atoms with E-state index >= 15 is 0 Å². The van der Waals surface area contributed by atoms with Crippen LogP contribution in [0.2, 0.25) is 0 Å². The second-order valence-corrected chi connectivity index (χ2v) is 4.27. The first-order chi connectivity index (χ1) is 9.15. The smallest absolute Gasteiger partial charge is 0.222 e. The fraction of sp³-hybridized carbons (Fsp3) is 0.286. The molecule has 2 aromatic rings. The summed E-state index contributed by atoms with van der Waals surface area (Å²) in [4.78, 5) is 8.35. The molecule has 0 radical (unpaired) electrons. The summed E-state index contributed by atoms with van der Waals surface area (Å²) in [7, 11) is 1.64. The first-order valence-corrected chi connectivity index (χ1v) is 6.22. The number of hydrogen-bond donors (Lipinski definition) is 2. The molecule has 4 N–H and O–H groups in total. The summed E-state index contributed by atoms with van der Waals surface area (Å²) in [6.07, 6.45) is 1.79. The molecule has 0 unspecified atom stereocenters. The average molecular weight is 258 g/mol. The van der Waals surface area contributed by atoms with E-state index in [0.717, 1.165) is 35.4 Å². The van der Waals surface area contributed by atoms with Crippen molar-refractivity contribution in [2.75, 3.05) is 18.6 Å². The Kier molecular flexibility index (Phi) is 3.85. The third kappa shape index (κ3) is 2.76. The lowest BCUT2D eigenvalue weighted by atomic mass is 10.0. The summed E-state index contributed by atoms with van der Waals surface area (Å²) in [6, 6.07) is 7.67. The van der Waals surface area contributed by atoms with Crippen LogP contribution in [0.15, 0.2) is 24.3 Å². The first kappa shape index (κ1) is 13.1. The van der Waals surface area contributed by atoms with E-state index in [0.29, 0.717) is 5.82 Å². The van der Waals surface area contributed by atoms with Crippen LogP contribution in [-0.4, -0.2) is 17.1 Å². The van der Waals surface area contributed by atoms with E-state index in [-0.39, 0.29) is 5.95 Å². The molecule has 19 heavy (non-hydrogen) atoms. The molecule has 0 aliphatic heterocycles. The number of aryl methyl sites for hydroxylation is 1. The lowest BCUT2D eigenvalue weighted by molar-refractivity contribution is 0.415. The van der Waals surface area contributed by atoms with Gasteiger partial charge in [0.15, 0.2) is 0 Å². The normalized spacial score (nSPS) is 10.4. The van der Waals surface area contributed by atoms with Crippen molar-refractivity contribution in [2.24, 2.45) is 0 Å². The van der Waals surface area contributed by atoms with Crippen LogP contribution in [0.4, 0.5) is 11.8 Å². The zero-order valence-electron chi connectivity index (χ0n) is 11.2. The molecule has 0 fully saturated rings. The highest BCUT2D eigenvalue weighted by Gasteiger charge is 2.13. The van der Waals surface area contributed by atoms with Gasteiger partial charge < -0.3 is 16.2 Å². The van der Waals surface area contributed by atoms with Crippen LogP contribution < -0.4 is 16.2 Å². The van der Waals surface area contributed by atoms with E-state index in [9.17, 15) is 0 Å². The van der Waals surface area contributed by atoms with Crippen molar-refractivity contribution < 1.29 is 4.74 Å². The molecular weight excluding hydrogens is 240 g/mol. The predicted molar refractivity (Wildman–Crippen MR) is 76.8 cm³/mol. The van der Waals surface area contributed by atoms with Crippen LogP contribution in [0.25, 0.3) is 11.1 Å². The minimum Gasteiger partial charge on any atom is -0.497 e. The molecule has 2 rings (SSSR count). The van der Waals surface area contributed by atoms with Crippen molar-refractivity contribution in [1.29, 1.82) is 0 Å². The molecule has 0 bridgehead atoms. The van der Waals surface area contributed by atoms with Crippen LogP contribution in [0, 0.1) is 0 Å². The van der Waals surface area contributed by atoms with E-state index < -0.39 is 0 Å². The Hall–Kier alpha value is -2.30. The number of anilines is 2. The summed E-state index contributed by atoms with van der Waals surface area (Å²) in [6.45, 7) is 2.09. The van der Waals surface area contributed by atoms with Crippen LogP contribution in [0.5, 0.6) is 5.75 Å². The lowest BCUT2D eigenvalue weighted by Gasteiger charge is -2.12. The van der Waals surface area contributed by atoms with E-state index in [2.05, 4.69) is 16.9 Å². The molecule has 0 aliphatic rings. The van der Waals surface area contributed by atoms with Crippen molar-refractivity contribution in [3.05, 3.63) is 30.0 Å². The first-order valence-electron chi connectivity index (χ1n) is 6.22. The van der Waals surface area contributed by atoms with Crippen LogP contribution in [0.1, 0.15) is 19.0 Å². The van der Waals surface area contributed by atoms with E-state index in [4.69, 9.17) is 16.2 Å². The average Bonchev–Trinajstić information content (AvgIpc) is 2.39. The molecule has 1 aromatic heterocycles. The lowest BCUT2D eigenvalue weighted by Crippen LogP contribution is -2.06. The van der Waals surface area contributed by atoms with Crippen molar-refractivity contribution in [2.45, 2.75) is 19.8 Å². The second-order valence-electron chi connectivity index (χ2n) is 4.27. The number of hydrogen-bond acceptors (Lipinski definition) is 5. The summed E-state index contributed by atoms with van der Waals surface area (Å²) in [5.41, 5.74) is 14.4. The number of nitrogen functional groups attached to an aromatic ring is 2. The molecule has 5 heteroatoms. The molecule has 0 aliphatic carbocycles. The highest BCUT2D eigenvalue weighted by molar-refractivity contribution is 5.77. The van der Waals surface area contributed by atoms with Gasteiger partial charge in [0.25, 0.3) is 0 Å². The Bertz CT molecular complexity index is 566. The number of nitrogens with zero attached hydrogens (tertiary/aromatic N) is 2. The maximum atomic E-state index is 5.99. The third-order valence-electron chi connectivity index (χ3n) is 2.89. The Balaban J connectivity index is 2.52. The zero-order valence-corrected chi connectivity index (χ0v) is 11.2. The maximum absolute atomic E-state index is 5.99. The van der Waals surface area contributed by atoms with Gasteiger partial charge >= 0.3 is 0 Å². The fourth-order valence-corrected chi connectivity index (χ4v) is 2.04. The van der Waals surface area contributed by atoms with Gasteiger partial charge in [-0.15, -0.1) is 0 Å². The number of rotatable bonds is 4. The van der Waals surface area contributed by atoms with Gasteiger partial charge in [0.1, 0.15) is 11.6 Å². The number of benzene rings is 1. The monoisotopic (exact) mass is 258 g/mol. The van der Waals surface area contributed by atoms with E-state index in [1.165, 1.54) is 0 Å². The molecule has 5 nitrogen and oxygen atoms in total. The third-order valence-corrected chi connectivity index (χ3v) is 2.89. The molecule has 100 valence electrons. The van der Waals surface area contributed by atoms with Crippen molar-refractivity contribution in [1.82, 2.24) is 9.97 Å². The van der Waals surface area contributed by atoms with Gasteiger partial charge in [0.2, 0.25) is 5.95 Å². The molecular formula is C14H18N4O. The van der Waals surface area contributed by atoms with Crippen molar-refractivity contribution in [3.8, 4) is 16.9 Å². The zero-order chi connectivity index (χ0) is 13.8. The highest BCUT2D eigenvalue weighted by atomic mass is 16.5. The van der Waals surface area contributed by atoms with Crippen LogP contribution in [-0.2, 0) is 6.42 Å². The van der Waals surface area contributed by atoms with Crippen LogP contribution >= 0.6 is 0 Å². The molecule has 0 saturated heterocycles. The van der Waals surface area contributed by atoms with Gasteiger partial charge in [-0.05, 0) is 24.1 Å². The largest absolute Gasteiger partial charge is 0.497 e. The Morgan fingerprint density at radius 1 is 1.11 bits per heavy atom. The molecule has 0 spiro atoms. The summed E-state index contributed by atoms with van der Waals surface area (Å²) >= 11 is 0. The standard InChI is InChI=1S/C14H18N4O/c1-3-4-11-12(13(15)18-14(16)17-11)9-5-7-10(19-2)8-6-9/h5-8H,3-4H2,1-2H3,(H4,15,16,17,18). The fourth-order valence-electron chi connectivity index (χ4n) is 2.04. The Labute approximate surface area is 112 Å². The van der Waals surface area contributed by atoms with Gasteiger partial charge in [-0.25, -0.2) is 4.98 Å². The Morgan fingerprint density at radius 2 is 1.79 bits per heavy atom. The molecule has 0 saturated carbocycles. The number of ether oxygens (including phenoxy) is 1. The minimum absolute atomic E-state index is 0.221. The van der Waals surface area contributed by atoms with Crippen molar-refractivity contribution in [3.63, 3.8) is 0 Å². The topological polar surface area (TPSA) is 87.0 Å². The molecule has 1 aromatic carbocycles. The van der Waals surface area contributed by atoms with Gasteiger partial charge in [0.05, 0.1) is 12.8 Å². The number of aromatic nitrogens is 2. The minimum atomic E-state index is 0.221. The molecule has 0 amide bonds. The Morgan fingerprint density at radius 3 is 2.37 bits per heavy atom. The van der Waals surface area contributed by atoms with Gasteiger partial charge in [-0.2, -0.15) is 4.98 Å². The quantitative estimate of drug-likeness (QED) is 0.878. The molecule has 0 atom stereocenters. The van der Waals surface area contributed by atoms with Crippen molar-refractivity contribution >= 4 is 11.8 Å². The highest BCUT2D eigenvalue weighted by Crippen LogP contribution is 2.30. The van der Waals surface area contributed by atoms with Gasteiger partial charge in [-0.1, -0.05) is 25.5 Å². The van der Waals surface area contributed by atoms with Gasteiger partial charge in [0, 0.05) is 5.56 Å². The second kappa shape index (κ2) is 5.56. The summed E-state index contributed by atoms with van der Waals surface area (Å²) < 4.78 is 5.15. The summed E-state index contributed by atoms with van der Waals surface area (Å²) in [5.74, 6) is 1.44. The number of nitrogens with two attached hydrogens (primary N) is 2. The SMILES string of the molecule is CCCc1nc(N)nc(N)c1-c1ccc(OC)cc1. The van der Waals surface area contributed by atoms with Gasteiger partial charge in [-0.3, -0.25) is 0 Å².